The van der Waals surface area contributed by atoms with E-state index in [1.54, 1.807) is 18.7 Å². The average Bonchev–Trinajstić information content (AvgIpc) is 2.64. The number of methoxy groups -OCH3 is 1. The van der Waals surface area contributed by atoms with E-state index >= 15 is 0 Å². The molecule has 2 aliphatic heterocycles. The third-order valence-electron chi connectivity index (χ3n) is 3.56. The largest absolute Gasteiger partial charge is 0.497 e. The van der Waals surface area contributed by atoms with E-state index in [0.29, 0.717) is 0 Å². The Kier molecular flexibility index (Phi) is 9.53. The average molecular weight is 376 g/mol. The number of hydrogen-bond donors (Lipinski definition) is 1. The Morgan fingerprint density at radius 1 is 1.26 bits per heavy atom. The molecule has 0 spiro atoms. The molecule has 23 heavy (non-hydrogen) atoms. The van der Waals surface area contributed by atoms with Crippen LogP contribution in [0.15, 0.2) is 24.3 Å². The SMILES string of the molecule is C1COCCN1.COc1ccc(C2CN(S[PH2]=S)CCO2)cc1. The molecule has 130 valence electrons. The van der Waals surface area contributed by atoms with Gasteiger partial charge in [0.05, 0.1) is 33.0 Å². The molecule has 2 saturated heterocycles. The van der Waals surface area contributed by atoms with Gasteiger partial charge in [-0.05, 0) is 35.8 Å². The van der Waals surface area contributed by atoms with Gasteiger partial charge in [-0.3, -0.25) is 0 Å². The Morgan fingerprint density at radius 2 is 2.00 bits per heavy atom. The molecular weight excluding hydrogens is 351 g/mol. The monoisotopic (exact) mass is 376 g/mol. The van der Waals surface area contributed by atoms with Crippen molar-refractivity contribution >= 4 is 29.9 Å². The molecule has 2 heterocycles. The van der Waals surface area contributed by atoms with Crippen molar-refractivity contribution in [2.75, 3.05) is 53.1 Å². The first kappa shape index (κ1) is 19.2. The van der Waals surface area contributed by atoms with Crippen LogP contribution in [-0.2, 0) is 21.3 Å². The van der Waals surface area contributed by atoms with Gasteiger partial charge in [0.2, 0.25) is 0 Å². The van der Waals surface area contributed by atoms with Crippen molar-refractivity contribution in [3.05, 3.63) is 29.8 Å². The van der Waals surface area contributed by atoms with Crippen LogP contribution in [0.3, 0.4) is 0 Å². The van der Waals surface area contributed by atoms with E-state index in [0.717, 1.165) is 51.7 Å². The highest BCUT2D eigenvalue weighted by molar-refractivity contribution is 8.56. The van der Waals surface area contributed by atoms with Crippen LogP contribution < -0.4 is 10.1 Å². The highest BCUT2D eigenvalue weighted by atomic mass is 32.9. The summed E-state index contributed by atoms with van der Waals surface area (Å²) in [5.74, 6) is 0.880. The molecule has 0 amide bonds. The first-order valence-corrected chi connectivity index (χ1v) is 11.9. The number of ether oxygens (including phenoxy) is 3. The minimum atomic E-state index is 0.0456. The van der Waals surface area contributed by atoms with Crippen molar-refractivity contribution in [2.24, 2.45) is 0 Å². The zero-order valence-corrected chi connectivity index (χ0v) is 16.2. The Hall–Kier alpha value is -0.140. The lowest BCUT2D eigenvalue weighted by molar-refractivity contribution is 0.000991. The Labute approximate surface area is 148 Å². The topological polar surface area (TPSA) is 43.0 Å². The summed E-state index contributed by atoms with van der Waals surface area (Å²) in [6, 6.07) is 8.09. The summed E-state index contributed by atoms with van der Waals surface area (Å²) in [5.41, 5.74) is 1.20. The molecule has 2 fully saturated rings. The summed E-state index contributed by atoms with van der Waals surface area (Å²) < 4.78 is 18.3. The third-order valence-corrected chi connectivity index (χ3v) is 6.20. The molecule has 8 heteroatoms. The molecule has 0 saturated carbocycles. The summed E-state index contributed by atoms with van der Waals surface area (Å²) >= 11 is 6.85. The fourth-order valence-corrected chi connectivity index (χ4v) is 4.88. The predicted molar refractivity (Wildman–Crippen MR) is 102 cm³/mol. The first-order valence-electron chi connectivity index (χ1n) is 7.73. The van der Waals surface area contributed by atoms with Gasteiger partial charge >= 0.3 is 0 Å². The van der Waals surface area contributed by atoms with E-state index in [9.17, 15) is 0 Å². The maximum absolute atomic E-state index is 5.79. The van der Waals surface area contributed by atoms with Crippen LogP contribution in [0.1, 0.15) is 11.7 Å². The number of morpholine rings is 2. The number of hydrogen-bond acceptors (Lipinski definition) is 7. The van der Waals surface area contributed by atoms with Crippen LogP contribution in [0.4, 0.5) is 0 Å². The summed E-state index contributed by atoms with van der Waals surface area (Å²) in [6.07, 6.45) is 0.156. The fourth-order valence-electron chi connectivity index (χ4n) is 2.32. The summed E-state index contributed by atoms with van der Waals surface area (Å²) in [5, 5.41) is 3.16. The Bertz CT molecular complexity index is 449. The van der Waals surface area contributed by atoms with Crippen LogP contribution in [0.2, 0.25) is 0 Å². The number of rotatable bonds is 4. The standard InChI is InChI=1S/C11H16NO2PS2.C4H9NO/c1-13-10-4-2-9(3-5-10)11-8-12(17-15-16)6-7-14-11;1-3-6-4-2-5-1/h2-5,11H,6-8,15H2,1H3;5H,1-4H2. The highest BCUT2D eigenvalue weighted by Crippen LogP contribution is 2.31. The van der Waals surface area contributed by atoms with Crippen molar-refractivity contribution in [1.82, 2.24) is 9.62 Å². The van der Waals surface area contributed by atoms with Crippen molar-refractivity contribution in [2.45, 2.75) is 6.10 Å². The second kappa shape index (κ2) is 11.4. The predicted octanol–water partition coefficient (Wildman–Crippen LogP) is 2.11. The van der Waals surface area contributed by atoms with Gasteiger partial charge in [0.25, 0.3) is 0 Å². The zero-order valence-electron chi connectivity index (χ0n) is 13.4. The van der Waals surface area contributed by atoms with Gasteiger partial charge in [-0.15, -0.1) is 0 Å². The number of nitrogens with one attached hydrogen (secondary N) is 1. The molecule has 2 aliphatic rings. The van der Waals surface area contributed by atoms with Gasteiger partial charge in [0.15, 0.2) is 0 Å². The van der Waals surface area contributed by atoms with Crippen molar-refractivity contribution < 1.29 is 14.2 Å². The quantitative estimate of drug-likeness (QED) is 0.638. The van der Waals surface area contributed by atoms with Gasteiger partial charge in [0.1, 0.15) is 5.75 Å². The fraction of sp³-hybridized carbons (Fsp3) is 0.600. The number of benzene rings is 1. The molecule has 5 nitrogen and oxygen atoms in total. The molecule has 0 aromatic heterocycles. The highest BCUT2D eigenvalue weighted by Gasteiger charge is 2.21. The van der Waals surface area contributed by atoms with Gasteiger partial charge in [-0.25, -0.2) is 4.31 Å². The molecule has 1 aromatic rings. The lowest BCUT2D eigenvalue weighted by atomic mass is 10.1. The smallest absolute Gasteiger partial charge is 0.118 e. The van der Waals surface area contributed by atoms with Gasteiger partial charge in [0, 0.05) is 26.2 Å². The van der Waals surface area contributed by atoms with Gasteiger partial charge in [-0.1, -0.05) is 23.9 Å². The van der Waals surface area contributed by atoms with E-state index in [-0.39, 0.29) is 12.7 Å². The molecule has 1 aromatic carbocycles. The first-order chi connectivity index (χ1) is 11.3. The molecule has 2 unspecified atom stereocenters. The van der Waals surface area contributed by atoms with Crippen molar-refractivity contribution in [3.63, 3.8) is 0 Å². The Morgan fingerprint density at radius 3 is 2.52 bits per heavy atom. The minimum Gasteiger partial charge on any atom is -0.497 e. The van der Waals surface area contributed by atoms with E-state index < -0.39 is 0 Å². The zero-order chi connectivity index (χ0) is 16.3. The molecule has 3 rings (SSSR count). The van der Waals surface area contributed by atoms with Crippen molar-refractivity contribution in [1.29, 1.82) is 0 Å². The summed E-state index contributed by atoms with van der Waals surface area (Å²) in [6.45, 7) is 6.55. The maximum atomic E-state index is 5.79. The molecule has 0 bridgehead atoms. The molecule has 0 aliphatic carbocycles. The van der Waals surface area contributed by atoms with Crippen LogP contribution >= 0.6 is 18.1 Å². The van der Waals surface area contributed by atoms with Crippen LogP contribution in [0, 0.1) is 0 Å². The molecule has 1 N–H and O–H groups in total. The van der Waals surface area contributed by atoms with Gasteiger partial charge in [-0.2, -0.15) is 0 Å². The van der Waals surface area contributed by atoms with E-state index in [1.807, 2.05) is 12.1 Å². The number of nitrogens with zero attached hydrogens (tertiary/aromatic N) is 1. The Balaban J connectivity index is 0.000000268. The lowest BCUT2D eigenvalue weighted by Crippen LogP contribution is -2.32. The van der Waals surface area contributed by atoms with Crippen molar-refractivity contribution in [3.8, 4) is 5.75 Å². The minimum absolute atomic E-state index is 0.0456. The maximum Gasteiger partial charge on any atom is 0.118 e. The molecule has 2 atom stereocenters. The lowest BCUT2D eigenvalue weighted by Gasteiger charge is -2.31. The van der Waals surface area contributed by atoms with Gasteiger partial charge < -0.3 is 19.5 Å². The normalized spacial score (nSPS) is 22.6. The van der Waals surface area contributed by atoms with Crippen LogP contribution in [-0.4, -0.2) is 57.4 Å². The summed E-state index contributed by atoms with van der Waals surface area (Å²) in [7, 11) is 1.68. The second-order valence-electron chi connectivity index (χ2n) is 5.08. The third kappa shape index (κ3) is 7.10. The van der Waals surface area contributed by atoms with E-state index in [1.165, 1.54) is 5.56 Å². The molecular formula is C15H25N2O3PS2. The molecule has 0 radical (unpaired) electrons. The van der Waals surface area contributed by atoms with E-state index in [2.05, 4.69) is 21.8 Å². The van der Waals surface area contributed by atoms with E-state index in [4.69, 9.17) is 26.0 Å². The summed E-state index contributed by atoms with van der Waals surface area (Å²) in [4.78, 5) is 0. The van der Waals surface area contributed by atoms with Crippen LogP contribution in [0.25, 0.3) is 0 Å². The van der Waals surface area contributed by atoms with Crippen LogP contribution in [0.5, 0.6) is 5.75 Å². The second-order valence-corrected chi connectivity index (χ2v) is 8.95.